The molecule has 0 spiro atoms. The second-order valence-electron chi connectivity index (χ2n) is 8.32. The number of aliphatic hydroxyl groups is 1. The van der Waals surface area contributed by atoms with Crippen LogP contribution in [0.3, 0.4) is 0 Å². The molecule has 0 saturated heterocycles. The second-order valence-corrected chi connectivity index (χ2v) is 8.32. The highest BCUT2D eigenvalue weighted by molar-refractivity contribution is 5.66. The molecule has 0 bridgehead atoms. The van der Waals surface area contributed by atoms with E-state index in [4.69, 9.17) is 14.3 Å². The average Bonchev–Trinajstić information content (AvgIpc) is 3.50. The zero-order valence-electron chi connectivity index (χ0n) is 19.6. The summed E-state index contributed by atoms with van der Waals surface area (Å²) in [5, 5.41) is 9.10. The molecule has 1 N–H and O–H groups in total. The summed E-state index contributed by atoms with van der Waals surface area (Å²) in [6.07, 6.45) is 13.0. The van der Waals surface area contributed by atoms with Crippen LogP contribution < -0.4 is 4.74 Å². The first kappa shape index (κ1) is 23.5. The Morgan fingerprint density at radius 3 is 2.62 bits per heavy atom. The third-order valence-electron chi connectivity index (χ3n) is 5.63. The highest BCUT2D eigenvalue weighted by atomic mass is 16.5. The normalized spacial score (nSPS) is 11.4. The van der Waals surface area contributed by atoms with E-state index in [9.17, 15) is 0 Å². The minimum absolute atomic E-state index is 0.133. The molecule has 0 atom stereocenters. The standard InChI is InChI=1S/C28H31N3O3/c1-22-5-7-24(8-6-22)11-14-28-30-25(21-34-28)20-33-26-12-9-23(10-13-26)4-2-3-17-31-18-16-29-27(31)15-19-32/h5-14,16,18,21,32H,2-4,15,17,19-20H2,1H3/b14-11+. The lowest BCUT2D eigenvalue weighted by Crippen LogP contribution is -2.05. The summed E-state index contributed by atoms with van der Waals surface area (Å²) in [4.78, 5) is 8.76. The van der Waals surface area contributed by atoms with E-state index < -0.39 is 0 Å². The van der Waals surface area contributed by atoms with Gasteiger partial charge >= 0.3 is 0 Å². The number of hydrogen-bond donors (Lipinski definition) is 1. The number of ether oxygens (including phenoxy) is 1. The van der Waals surface area contributed by atoms with Gasteiger partial charge in [-0.05, 0) is 55.5 Å². The van der Waals surface area contributed by atoms with Gasteiger partial charge in [0.15, 0.2) is 0 Å². The smallest absolute Gasteiger partial charge is 0.218 e. The van der Waals surface area contributed by atoms with Gasteiger partial charge in [0.05, 0.1) is 6.61 Å². The van der Waals surface area contributed by atoms with Crippen molar-refractivity contribution in [1.29, 1.82) is 0 Å². The zero-order chi connectivity index (χ0) is 23.6. The summed E-state index contributed by atoms with van der Waals surface area (Å²) < 4.78 is 13.5. The predicted molar refractivity (Wildman–Crippen MR) is 133 cm³/mol. The monoisotopic (exact) mass is 457 g/mol. The topological polar surface area (TPSA) is 73.3 Å². The van der Waals surface area contributed by atoms with Crippen LogP contribution in [0.4, 0.5) is 0 Å². The summed E-state index contributed by atoms with van der Waals surface area (Å²) >= 11 is 0. The summed E-state index contributed by atoms with van der Waals surface area (Å²) in [6, 6.07) is 16.5. The van der Waals surface area contributed by atoms with Gasteiger partial charge in [-0.1, -0.05) is 42.0 Å². The van der Waals surface area contributed by atoms with Crippen LogP contribution in [0.2, 0.25) is 0 Å². The number of aliphatic hydroxyl groups excluding tert-OH is 1. The van der Waals surface area contributed by atoms with Crippen molar-refractivity contribution in [1.82, 2.24) is 14.5 Å². The molecule has 0 aliphatic carbocycles. The van der Waals surface area contributed by atoms with E-state index in [1.165, 1.54) is 11.1 Å². The fourth-order valence-electron chi connectivity index (χ4n) is 3.70. The maximum absolute atomic E-state index is 9.10. The quantitative estimate of drug-likeness (QED) is 0.285. The van der Waals surface area contributed by atoms with Gasteiger partial charge in [-0.15, -0.1) is 0 Å². The Hall–Kier alpha value is -3.64. The lowest BCUT2D eigenvalue weighted by molar-refractivity contribution is 0.294. The zero-order valence-corrected chi connectivity index (χ0v) is 19.6. The van der Waals surface area contributed by atoms with Crippen molar-refractivity contribution >= 4 is 12.2 Å². The fraction of sp³-hybridized carbons (Fsp3) is 0.286. The minimum Gasteiger partial charge on any atom is -0.487 e. The van der Waals surface area contributed by atoms with Gasteiger partial charge < -0.3 is 18.8 Å². The third-order valence-corrected chi connectivity index (χ3v) is 5.63. The van der Waals surface area contributed by atoms with Gasteiger partial charge in [-0.2, -0.15) is 0 Å². The molecule has 2 aromatic heterocycles. The van der Waals surface area contributed by atoms with Crippen LogP contribution in [0.1, 0.15) is 46.9 Å². The highest BCUT2D eigenvalue weighted by Crippen LogP contribution is 2.17. The Bertz CT molecular complexity index is 1170. The number of aromatic nitrogens is 3. The van der Waals surface area contributed by atoms with Gasteiger partial charge in [0.25, 0.3) is 0 Å². The van der Waals surface area contributed by atoms with Gasteiger partial charge in [0.1, 0.15) is 30.1 Å². The summed E-state index contributed by atoms with van der Waals surface area (Å²) in [6.45, 7) is 3.50. The molecule has 0 amide bonds. The van der Waals surface area contributed by atoms with Crippen LogP contribution in [0.25, 0.3) is 12.2 Å². The van der Waals surface area contributed by atoms with Gasteiger partial charge in [-0.3, -0.25) is 0 Å². The lowest BCUT2D eigenvalue weighted by Gasteiger charge is -2.08. The average molecular weight is 458 g/mol. The Labute approximate surface area is 200 Å². The van der Waals surface area contributed by atoms with Gasteiger partial charge in [0.2, 0.25) is 5.89 Å². The molecule has 0 radical (unpaired) electrons. The van der Waals surface area contributed by atoms with E-state index in [0.717, 1.165) is 48.6 Å². The number of oxazole rings is 1. The molecule has 0 saturated carbocycles. The molecule has 2 aromatic carbocycles. The van der Waals surface area contributed by atoms with Gasteiger partial charge in [-0.25, -0.2) is 9.97 Å². The Balaban J connectivity index is 1.19. The van der Waals surface area contributed by atoms with Crippen LogP contribution in [0.5, 0.6) is 5.75 Å². The molecule has 0 unspecified atom stereocenters. The predicted octanol–water partition coefficient (Wildman–Crippen LogP) is 5.49. The molecule has 6 nitrogen and oxygen atoms in total. The summed E-state index contributed by atoms with van der Waals surface area (Å²) in [5.74, 6) is 2.33. The summed E-state index contributed by atoms with van der Waals surface area (Å²) in [5.41, 5.74) is 4.39. The maximum atomic E-state index is 9.10. The minimum atomic E-state index is 0.133. The number of unbranched alkanes of at least 4 members (excludes halogenated alkanes) is 1. The number of hydrogen-bond acceptors (Lipinski definition) is 5. The largest absolute Gasteiger partial charge is 0.487 e. The molecule has 0 aliphatic heterocycles. The molecule has 4 rings (SSSR count). The first-order valence-electron chi connectivity index (χ1n) is 11.7. The SMILES string of the molecule is Cc1ccc(/C=C/c2nc(COc3ccc(CCCCn4ccnc4CCO)cc3)co2)cc1. The van der Waals surface area contributed by atoms with E-state index in [0.29, 0.717) is 18.9 Å². The Morgan fingerprint density at radius 1 is 1.00 bits per heavy atom. The number of imidazole rings is 1. The number of aryl methyl sites for hydroxylation is 3. The highest BCUT2D eigenvalue weighted by Gasteiger charge is 2.04. The van der Waals surface area contributed by atoms with Crippen molar-refractivity contribution in [2.75, 3.05) is 6.61 Å². The van der Waals surface area contributed by atoms with Crippen molar-refractivity contribution in [2.45, 2.75) is 45.8 Å². The first-order valence-corrected chi connectivity index (χ1v) is 11.7. The van der Waals surface area contributed by atoms with E-state index >= 15 is 0 Å². The molecule has 2 heterocycles. The molecule has 0 aliphatic rings. The maximum Gasteiger partial charge on any atom is 0.218 e. The molecule has 176 valence electrons. The lowest BCUT2D eigenvalue weighted by atomic mass is 10.1. The Kier molecular flexibility index (Phi) is 8.30. The number of nitrogens with zero attached hydrogens (tertiary/aromatic N) is 3. The van der Waals surface area contributed by atoms with Crippen LogP contribution in [0, 0.1) is 6.92 Å². The van der Waals surface area contributed by atoms with Crippen molar-refractivity contribution in [3.8, 4) is 5.75 Å². The number of rotatable bonds is 12. The van der Waals surface area contributed by atoms with Crippen LogP contribution in [-0.4, -0.2) is 26.2 Å². The van der Waals surface area contributed by atoms with Crippen LogP contribution in [-0.2, 0) is 26.0 Å². The van der Waals surface area contributed by atoms with Crippen LogP contribution in [0.15, 0.2) is 71.6 Å². The molecule has 0 fully saturated rings. The van der Waals surface area contributed by atoms with Gasteiger partial charge in [0, 0.05) is 31.4 Å². The molecule has 6 heteroatoms. The van der Waals surface area contributed by atoms with E-state index in [1.54, 1.807) is 12.5 Å². The molecule has 4 aromatic rings. The van der Waals surface area contributed by atoms with E-state index in [2.05, 4.69) is 57.9 Å². The molecular formula is C28H31N3O3. The van der Waals surface area contributed by atoms with Crippen LogP contribution >= 0.6 is 0 Å². The molecular weight excluding hydrogens is 426 g/mol. The second kappa shape index (κ2) is 12.0. The van der Waals surface area contributed by atoms with E-state index in [-0.39, 0.29) is 6.61 Å². The van der Waals surface area contributed by atoms with Crippen molar-refractivity contribution in [3.63, 3.8) is 0 Å². The Morgan fingerprint density at radius 2 is 1.82 bits per heavy atom. The molecule has 34 heavy (non-hydrogen) atoms. The summed E-state index contributed by atoms with van der Waals surface area (Å²) in [7, 11) is 0. The van der Waals surface area contributed by atoms with Crippen molar-refractivity contribution in [2.24, 2.45) is 0 Å². The first-order chi connectivity index (χ1) is 16.7. The fourth-order valence-corrected chi connectivity index (χ4v) is 3.70. The number of benzene rings is 2. The van der Waals surface area contributed by atoms with Crippen molar-refractivity contribution in [3.05, 3.63) is 101 Å². The van der Waals surface area contributed by atoms with Crippen molar-refractivity contribution < 1.29 is 14.3 Å². The van der Waals surface area contributed by atoms with E-state index in [1.807, 2.05) is 30.5 Å². The third kappa shape index (κ3) is 6.93.